The molecule has 6 amide bonds. The van der Waals surface area contributed by atoms with Crippen molar-refractivity contribution in [3.05, 3.63) is 35.9 Å². The first kappa shape index (κ1) is 48.5. The molecule has 14 heteroatoms. The van der Waals surface area contributed by atoms with E-state index in [2.05, 4.69) is 35.1 Å². The second-order valence-electron chi connectivity index (χ2n) is 15.4. The van der Waals surface area contributed by atoms with Gasteiger partial charge in [-0.05, 0) is 71.3 Å². The van der Waals surface area contributed by atoms with Crippen molar-refractivity contribution in [1.29, 1.82) is 0 Å². The zero-order valence-corrected chi connectivity index (χ0v) is 34.7. The fraction of sp³-hybridized carbons (Fsp3) is 0.683. The zero-order chi connectivity index (χ0) is 41.6. The monoisotopic (exact) mass is 773 g/mol. The summed E-state index contributed by atoms with van der Waals surface area (Å²) in [7, 11) is 3.33. The smallest absolute Gasteiger partial charge is 0.408 e. The summed E-state index contributed by atoms with van der Waals surface area (Å²) >= 11 is 0. The molecule has 310 valence electrons. The summed E-state index contributed by atoms with van der Waals surface area (Å²) in [6.45, 7) is 13.4. The van der Waals surface area contributed by atoms with Crippen molar-refractivity contribution in [2.24, 2.45) is 5.92 Å². The van der Waals surface area contributed by atoms with E-state index in [4.69, 9.17) is 4.74 Å². The topological polar surface area (TPSA) is 183 Å². The number of benzene rings is 1. The predicted octanol–water partition coefficient (Wildman–Crippen LogP) is 4.81. The molecule has 0 aromatic heterocycles. The summed E-state index contributed by atoms with van der Waals surface area (Å²) in [4.78, 5) is 87.8. The Kier molecular flexibility index (Phi) is 22.6. The second kappa shape index (κ2) is 25.6. The Bertz CT molecular complexity index is 1360. The lowest BCUT2D eigenvalue weighted by Gasteiger charge is -2.35. The zero-order valence-electron chi connectivity index (χ0n) is 34.7. The lowest BCUT2D eigenvalue weighted by Crippen LogP contribution is -2.57. The first-order chi connectivity index (χ1) is 26.0. The van der Waals surface area contributed by atoms with Crippen LogP contribution < -0.4 is 21.3 Å². The van der Waals surface area contributed by atoms with Crippen molar-refractivity contribution in [2.75, 3.05) is 27.2 Å². The van der Waals surface area contributed by atoms with Crippen LogP contribution in [0, 0.1) is 5.92 Å². The third-order valence-electron chi connectivity index (χ3n) is 9.04. The van der Waals surface area contributed by atoms with Crippen LogP contribution >= 0.6 is 0 Å². The molecule has 0 spiro atoms. The average molecular weight is 773 g/mol. The van der Waals surface area contributed by atoms with E-state index in [-0.39, 0.29) is 48.3 Å². The van der Waals surface area contributed by atoms with E-state index in [1.807, 2.05) is 37.3 Å². The minimum atomic E-state index is -0.710. The molecule has 0 bridgehead atoms. The van der Waals surface area contributed by atoms with E-state index in [0.29, 0.717) is 32.2 Å². The van der Waals surface area contributed by atoms with Gasteiger partial charge in [0.2, 0.25) is 30.0 Å². The van der Waals surface area contributed by atoms with Crippen LogP contribution in [0.4, 0.5) is 4.79 Å². The van der Waals surface area contributed by atoms with Gasteiger partial charge in [-0.2, -0.15) is 0 Å². The Morgan fingerprint density at radius 3 is 2.05 bits per heavy atom. The number of carbonyl (C=O) groups is 7. The summed E-state index contributed by atoms with van der Waals surface area (Å²) in [6.07, 6.45) is 8.78. The fourth-order valence-corrected chi connectivity index (χ4v) is 6.37. The Morgan fingerprint density at radius 1 is 0.909 bits per heavy atom. The number of nitrogens with one attached hydrogen (secondary N) is 4. The molecule has 55 heavy (non-hydrogen) atoms. The molecule has 1 heterocycles. The normalized spacial score (nSPS) is 17.0. The Hall–Kier alpha value is -4.49. The molecule has 2 aliphatic rings. The molecular weight excluding hydrogens is 704 g/mol. The maximum absolute atomic E-state index is 13.6. The molecule has 1 saturated heterocycles. The molecule has 1 aromatic rings. The maximum atomic E-state index is 13.6. The highest BCUT2D eigenvalue weighted by Crippen LogP contribution is 2.30. The van der Waals surface area contributed by atoms with Crippen LogP contribution in [0.1, 0.15) is 131 Å². The maximum Gasteiger partial charge on any atom is 0.408 e. The van der Waals surface area contributed by atoms with Gasteiger partial charge in [-0.3, -0.25) is 28.8 Å². The third-order valence-corrected chi connectivity index (χ3v) is 9.04. The third kappa shape index (κ3) is 18.6. The Morgan fingerprint density at radius 2 is 1.53 bits per heavy atom. The van der Waals surface area contributed by atoms with Crippen LogP contribution in [0.25, 0.3) is 0 Å². The number of carbonyl (C=O) groups excluding carboxylic acids is 7. The number of hydrogen-bond donors (Lipinski definition) is 4. The van der Waals surface area contributed by atoms with Gasteiger partial charge in [0.1, 0.15) is 17.7 Å². The molecule has 14 nitrogen and oxygen atoms in total. The highest BCUT2D eigenvalue weighted by molar-refractivity contribution is 5.94. The van der Waals surface area contributed by atoms with Crippen molar-refractivity contribution in [1.82, 2.24) is 31.1 Å². The number of hydrogen-bond acceptors (Lipinski definition) is 8. The van der Waals surface area contributed by atoms with E-state index in [1.54, 1.807) is 39.8 Å². The molecular formula is C41H68N6O8. The number of likely N-dealkylation sites (tertiary alicyclic amines) is 1. The molecule has 1 aliphatic heterocycles. The summed E-state index contributed by atoms with van der Waals surface area (Å²) in [5.74, 6) is -0.986. The lowest BCUT2D eigenvalue weighted by atomic mass is 9.83. The van der Waals surface area contributed by atoms with Crippen LogP contribution in [0.5, 0.6) is 0 Å². The van der Waals surface area contributed by atoms with E-state index >= 15 is 0 Å². The molecule has 0 radical (unpaired) electrons. The fourth-order valence-electron chi connectivity index (χ4n) is 6.37. The van der Waals surface area contributed by atoms with Gasteiger partial charge in [-0.15, -0.1) is 0 Å². The minimum Gasteiger partial charge on any atom is -0.444 e. The van der Waals surface area contributed by atoms with Crippen molar-refractivity contribution in [2.45, 2.75) is 149 Å². The largest absolute Gasteiger partial charge is 0.444 e. The molecule has 2 fully saturated rings. The molecule has 4 N–H and O–H groups in total. The van der Waals surface area contributed by atoms with Crippen molar-refractivity contribution in [3.63, 3.8) is 0 Å². The van der Waals surface area contributed by atoms with Crippen LogP contribution in [-0.2, 0) is 33.5 Å². The van der Waals surface area contributed by atoms with Gasteiger partial charge in [0.05, 0.1) is 25.0 Å². The van der Waals surface area contributed by atoms with Crippen LogP contribution in [-0.4, -0.2) is 103 Å². The molecule has 4 atom stereocenters. The van der Waals surface area contributed by atoms with Gasteiger partial charge in [0.25, 0.3) is 0 Å². The van der Waals surface area contributed by atoms with Crippen LogP contribution in [0.2, 0.25) is 0 Å². The quantitative estimate of drug-likeness (QED) is 0.183. The summed E-state index contributed by atoms with van der Waals surface area (Å²) in [5.41, 5.74) is 0.184. The van der Waals surface area contributed by atoms with E-state index in [9.17, 15) is 33.6 Å². The molecule has 1 aromatic carbocycles. The van der Waals surface area contributed by atoms with Gasteiger partial charge >= 0.3 is 6.09 Å². The highest BCUT2D eigenvalue weighted by Gasteiger charge is 2.41. The Labute approximate surface area is 328 Å². The van der Waals surface area contributed by atoms with Crippen LogP contribution in [0.3, 0.4) is 0 Å². The van der Waals surface area contributed by atoms with Crippen molar-refractivity contribution < 1.29 is 38.3 Å². The lowest BCUT2D eigenvalue weighted by molar-refractivity contribution is -0.142. The predicted molar refractivity (Wildman–Crippen MR) is 213 cm³/mol. The SMILES string of the molecule is CCC.CCCC(NC(=O)C1CCCN1C(=O)C(NC(=O)OC(C)(C)C)C1CCCCC1)C(C)=O.CN(C)C(=O)C[C@H](NC(=O)CNC=O)c1ccccc1. The number of alkyl carbamates (subject to hydrolysis) is 1. The standard InChI is InChI=1S/C24H41N3O5.C14H19N3O3.C3H8/c1-6-11-18(16(2)28)25-21(29)19-14-10-15-27(19)22(30)20(17-12-8-7-9-13-17)26-23(31)32-24(3,4)5;1-17(2)14(20)8-12(11-6-4-3-5-7-11)16-13(19)9-15-10-18;1-3-2/h17-20H,6-15H2,1-5H3,(H,25,29)(H,26,31);3-7,10,12H,8-9H2,1-2H3,(H,15,18)(H,16,19);3H2,1-2H3/t;12-;/m.0./s1. The number of ether oxygens (including phenoxy) is 1. The van der Waals surface area contributed by atoms with Gasteiger partial charge < -0.3 is 35.8 Å². The minimum absolute atomic E-state index is 0.0261. The summed E-state index contributed by atoms with van der Waals surface area (Å²) in [5, 5.41) is 10.7. The first-order valence-electron chi connectivity index (χ1n) is 19.8. The average Bonchev–Trinajstić information content (AvgIpc) is 3.63. The number of Topliss-reactive ketones (excluding diaryl/α,β-unsaturated/α-hetero) is 1. The number of ketones is 1. The Balaban J connectivity index is 0.000000562. The van der Waals surface area contributed by atoms with Gasteiger partial charge in [0.15, 0.2) is 5.78 Å². The van der Waals surface area contributed by atoms with E-state index in [1.165, 1.54) is 18.2 Å². The summed E-state index contributed by atoms with van der Waals surface area (Å²) in [6, 6.07) is 6.99. The molecule has 1 aliphatic carbocycles. The number of nitrogens with zero attached hydrogens (tertiary/aromatic N) is 2. The van der Waals surface area contributed by atoms with Gasteiger partial charge in [0, 0.05) is 20.6 Å². The van der Waals surface area contributed by atoms with Crippen molar-refractivity contribution in [3.8, 4) is 0 Å². The van der Waals surface area contributed by atoms with E-state index < -0.39 is 35.9 Å². The number of rotatable bonds is 15. The van der Waals surface area contributed by atoms with Gasteiger partial charge in [-0.1, -0.05) is 83.2 Å². The van der Waals surface area contributed by atoms with Crippen LogP contribution in [0.15, 0.2) is 30.3 Å². The second-order valence-corrected chi connectivity index (χ2v) is 15.4. The molecule has 3 unspecified atom stereocenters. The van der Waals surface area contributed by atoms with Gasteiger partial charge in [-0.25, -0.2) is 4.79 Å². The molecule has 1 saturated carbocycles. The summed E-state index contributed by atoms with van der Waals surface area (Å²) < 4.78 is 5.41. The first-order valence-corrected chi connectivity index (χ1v) is 19.8. The van der Waals surface area contributed by atoms with Crippen molar-refractivity contribution >= 4 is 41.9 Å². The number of amides is 6. The molecule has 3 rings (SSSR count). The highest BCUT2D eigenvalue weighted by atomic mass is 16.6. The van der Waals surface area contributed by atoms with E-state index in [0.717, 1.165) is 44.1 Å².